The van der Waals surface area contributed by atoms with Gasteiger partial charge >= 0.3 is 0 Å². The van der Waals surface area contributed by atoms with Gasteiger partial charge < -0.3 is 5.11 Å². The first-order valence-corrected chi connectivity index (χ1v) is 12.2. The van der Waals surface area contributed by atoms with E-state index in [2.05, 4.69) is 21.6 Å². The average Bonchev–Trinajstić information content (AvgIpc) is 3.42. The molecule has 0 bridgehead atoms. The van der Waals surface area contributed by atoms with Gasteiger partial charge in [0, 0.05) is 41.5 Å². The predicted molar refractivity (Wildman–Crippen MR) is 130 cm³/mol. The zero-order chi connectivity index (χ0) is 24.3. The molecule has 1 atom stereocenters. The molecule has 1 saturated carbocycles. The van der Waals surface area contributed by atoms with Crippen LogP contribution in [0.15, 0.2) is 36.7 Å². The molecular formula is C27H29FN6O. The molecule has 3 aromatic heterocycles. The Bertz CT molecular complexity index is 1410. The van der Waals surface area contributed by atoms with Gasteiger partial charge in [-0.25, -0.2) is 19.0 Å². The van der Waals surface area contributed by atoms with Crippen LogP contribution in [0.2, 0.25) is 0 Å². The first-order valence-electron chi connectivity index (χ1n) is 12.2. The van der Waals surface area contributed by atoms with Crippen LogP contribution in [0.5, 0.6) is 0 Å². The van der Waals surface area contributed by atoms with Gasteiger partial charge in [-0.2, -0.15) is 10.2 Å². The van der Waals surface area contributed by atoms with E-state index in [4.69, 9.17) is 10.2 Å². The molecule has 4 aromatic rings. The summed E-state index contributed by atoms with van der Waals surface area (Å²) in [5.41, 5.74) is 6.80. The largest absolute Gasteiger partial charge is 0.385 e. The first kappa shape index (κ1) is 22.1. The second kappa shape index (κ2) is 8.09. The number of nitrogens with zero attached hydrogens (tertiary/aromatic N) is 6. The topological polar surface area (TPSA) is 81.7 Å². The van der Waals surface area contributed by atoms with E-state index in [1.165, 1.54) is 25.0 Å². The smallest absolute Gasteiger partial charge is 0.157 e. The molecule has 2 aliphatic carbocycles. The minimum Gasteiger partial charge on any atom is -0.385 e. The van der Waals surface area contributed by atoms with E-state index in [9.17, 15) is 9.50 Å². The Kier molecular flexibility index (Phi) is 5.11. The lowest BCUT2D eigenvalue weighted by molar-refractivity contribution is 0.0585. The summed E-state index contributed by atoms with van der Waals surface area (Å²) >= 11 is 0. The minimum absolute atomic E-state index is 0.251. The highest BCUT2D eigenvalue weighted by molar-refractivity contribution is 5.64. The SMILES string of the molecule is Cc1c(-c2ccc(F)cc2)nn(CC2CC2)c1Cc1cc(-n2nc3c(c2C)C(C)(O)CC3)ncn1. The van der Waals surface area contributed by atoms with Gasteiger partial charge in [0.25, 0.3) is 0 Å². The number of benzene rings is 1. The number of aromatic nitrogens is 6. The van der Waals surface area contributed by atoms with E-state index in [-0.39, 0.29) is 5.82 Å². The van der Waals surface area contributed by atoms with E-state index < -0.39 is 5.60 Å². The molecule has 1 N–H and O–H groups in total. The lowest BCUT2D eigenvalue weighted by Crippen LogP contribution is -2.18. The maximum absolute atomic E-state index is 13.5. The second-order valence-corrected chi connectivity index (χ2v) is 10.2. The molecule has 1 aromatic carbocycles. The molecule has 0 spiro atoms. The molecule has 3 heterocycles. The minimum atomic E-state index is -0.850. The van der Waals surface area contributed by atoms with Crippen LogP contribution in [-0.2, 0) is 25.0 Å². The van der Waals surface area contributed by atoms with Crippen LogP contribution in [0.1, 0.15) is 60.1 Å². The lowest BCUT2D eigenvalue weighted by Gasteiger charge is -2.17. The standard InChI is InChI=1S/C27H29FN6O/c1-16-23(33(14-18-4-5-18)32-26(16)19-6-8-20(28)9-7-19)12-21-13-24(30-15-29-21)34-17(2)25-22(31-34)10-11-27(25,3)35/h6-9,13,15,18,35H,4-5,10-12,14H2,1-3H3. The van der Waals surface area contributed by atoms with Gasteiger partial charge in [-0.15, -0.1) is 0 Å². The van der Waals surface area contributed by atoms with E-state index in [0.29, 0.717) is 24.6 Å². The highest BCUT2D eigenvalue weighted by Gasteiger charge is 2.37. The third kappa shape index (κ3) is 3.95. The number of aryl methyl sites for hydroxylation is 1. The molecule has 1 fully saturated rings. The molecule has 0 radical (unpaired) electrons. The maximum Gasteiger partial charge on any atom is 0.157 e. The maximum atomic E-state index is 13.5. The summed E-state index contributed by atoms with van der Waals surface area (Å²) in [5, 5.41) is 20.5. The number of hydrogen-bond donors (Lipinski definition) is 1. The number of halogens is 1. The molecule has 0 saturated heterocycles. The van der Waals surface area contributed by atoms with Gasteiger partial charge in [-0.3, -0.25) is 4.68 Å². The third-order valence-corrected chi connectivity index (χ3v) is 7.42. The highest BCUT2D eigenvalue weighted by Crippen LogP contribution is 2.39. The van der Waals surface area contributed by atoms with Crippen molar-refractivity contribution in [2.75, 3.05) is 0 Å². The van der Waals surface area contributed by atoms with Crippen molar-refractivity contribution in [3.05, 3.63) is 76.4 Å². The molecule has 0 aliphatic heterocycles. The van der Waals surface area contributed by atoms with Gasteiger partial charge in [0.1, 0.15) is 12.1 Å². The highest BCUT2D eigenvalue weighted by atomic mass is 19.1. The Balaban J connectivity index is 1.36. The summed E-state index contributed by atoms with van der Waals surface area (Å²) in [6.07, 6.45) is 6.11. The van der Waals surface area contributed by atoms with Crippen molar-refractivity contribution in [1.82, 2.24) is 29.5 Å². The molecule has 35 heavy (non-hydrogen) atoms. The van der Waals surface area contributed by atoms with Gasteiger partial charge in [0.05, 0.1) is 22.7 Å². The van der Waals surface area contributed by atoms with E-state index in [1.807, 2.05) is 24.6 Å². The summed E-state index contributed by atoms with van der Waals surface area (Å²) in [4.78, 5) is 9.05. The molecule has 8 heteroatoms. The van der Waals surface area contributed by atoms with E-state index in [1.54, 1.807) is 18.5 Å². The summed E-state index contributed by atoms with van der Waals surface area (Å²) in [6, 6.07) is 8.49. The fraction of sp³-hybridized carbons (Fsp3) is 0.407. The number of rotatable bonds is 6. The van der Waals surface area contributed by atoms with Crippen molar-refractivity contribution in [2.24, 2.45) is 5.92 Å². The van der Waals surface area contributed by atoms with Gasteiger partial charge in [-0.05, 0) is 82.2 Å². The van der Waals surface area contributed by atoms with Crippen molar-refractivity contribution in [3.63, 3.8) is 0 Å². The van der Waals surface area contributed by atoms with Crippen LogP contribution in [0.25, 0.3) is 17.1 Å². The van der Waals surface area contributed by atoms with Gasteiger partial charge in [0.2, 0.25) is 0 Å². The van der Waals surface area contributed by atoms with Crippen LogP contribution >= 0.6 is 0 Å². The Labute approximate surface area is 203 Å². The summed E-state index contributed by atoms with van der Waals surface area (Å²) in [6.45, 7) is 6.80. The third-order valence-electron chi connectivity index (χ3n) is 7.42. The van der Waals surface area contributed by atoms with Crippen LogP contribution < -0.4 is 0 Å². The van der Waals surface area contributed by atoms with Crippen LogP contribution in [0, 0.1) is 25.6 Å². The fourth-order valence-corrected chi connectivity index (χ4v) is 5.30. The molecule has 180 valence electrons. The average molecular weight is 473 g/mol. The van der Waals surface area contributed by atoms with Crippen molar-refractivity contribution in [3.8, 4) is 17.1 Å². The van der Waals surface area contributed by atoms with Crippen molar-refractivity contribution in [1.29, 1.82) is 0 Å². The Morgan fingerprint density at radius 1 is 1.11 bits per heavy atom. The van der Waals surface area contributed by atoms with Gasteiger partial charge in [-0.1, -0.05) is 0 Å². The lowest BCUT2D eigenvalue weighted by atomic mass is 9.99. The number of hydrogen-bond acceptors (Lipinski definition) is 5. The van der Waals surface area contributed by atoms with Crippen molar-refractivity contribution < 1.29 is 9.50 Å². The van der Waals surface area contributed by atoms with Crippen LogP contribution in [0.4, 0.5) is 4.39 Å². The molecule has 0 amide bonds. The Hall–Kier alpha value is -3.39. The molecule has 1 unspecified atom stereocenters. The molecular weight excluding hydrogens is 443 g/mol. The number of aliphatic hydroxyl groups is 1. The van der Waals surface area contributed by atoms with Crippen LogP contribution in [0.3, 0.4) is 0 Å². The quantitative estimate of drug-likeness (QED) is 0.449. The van der Waals surface area contributed by atoms with Gasteiger partial charge in [0.15, 0.2) is 5.82 Å². The molecule has 2 aliphatic rings. The van der Waals surface area contributed by atoms with E-state index in [0.717, 1.165) is 58.1 Å². The molecule has 7 nitrogen and oxygen atoms in total. The zero-order valence-electron chi connectivity index (χ0n) is 20.3. The zero-order valence-corrected chi connectivity index (χ0v) is 20.3. The monoisotopic (exact) mass is 472 g/mol. The van der Waals surface area contributed by atoms with Crippen molar-refractivity contribution in [2.45, 2.75) is 65.0 Å². The Morgan fingerprint density at radius 3 is 2.60 bits per heavy atom. The predicted octanol–water partition coefficient (Wildman–Crippen LogP) is 4.44. The second-order valence-electron chi connectivity index (χ2n) is 10.2. The summed E-state index contributed by atoms with van der Waals surface area (Å²) in [7, 11) is 0. The normalized spacial score (nSPS) is 19.3. The summed E-state index contributed by atoms with van der Waals surface area (Å²) in [5.74, 6) is 1.11. The van der Waals surface area contributed by atoms with E-state index >= 15 is 0 Å². The first-order chi connectivity index (χ1) is 16.8. The van der Waals surface area contributed by atoms with Crippen LogP contribution in [-0.4, -0.2) is 34.6 Å². The van der Waals surface area contributed by atoms with Crippen molar-refractivity contribution >= 4 is 0 Å². The number of fused-ring (bicyclic) bond motifs is 1. The Morgan fingerprint density at radius 2 is 1.89 bits per heavy atom. The molecule has 6 rings (SSSR count). The summed E-state index contributed by atoms with van der Waals surface area (Å²) < 4.78 is 17.4. The fourth-order valence-electron chi connectivity index (χ4n) is 5.30.